The molecule has 0 aromatic carbocycles. The second-order valence-electron chi connectivity index (χ2n) is 6.65. The van der Waals surface area contributed by atoms with E-state index in [2.05, 4.69) is 25.9 Å². The lowest BCUT2D eigenvalue weighted by atomic mass is 10.2. The SMILES string of the molecule is CN=C(NCCNC(=O)OC(C)(C)C)NCc1cccnc1OCC(F)(F)F. The number of ether oxygens (including phenoxy) is 2. The van der Waals surface area contributed by atoms with Gasteiger partial charge in [0, 0.05) is 38.4 Å². The number of halogens is 3. The van der Waals surface area contributed by atoms with Gasteiger partial charge in [0.15, 0.2) is 12.6 Å². The number of guanidine groups is 1. The standard InChI is InChI=1S/C17H26F3N5O3/c1-16(2,3)28-15(26)24-9-8-23-14(21-4)25-10-12-6-5-7-22-13(12)27-11-17(18,19)20/h5-7H,8-11H2,1-4H3,(H,24,26)(H2,21,23,25). The predicted molar refractivity (Wildman–Crippen MR) is 98.2 cm³/mol. The Morgan fingerprint density at radius 1 is 1.18 bits per heavy atom. The van der Waals surface area contributed by atoms with Crippen LogP contribution in [0.2, 0.25) is 0 Å². The van der Waals surface area contributed by atoms with E-state index in [4.69, 9.17) is 9.47 Å². The third kappa shape index (κ3) is 10.4. The van der Waals surface area contributed by atoms with Gasteiger partial charge in [-0.05, 0) is 26.8 Å². The second kappa shape index (κ2) is 10.6. The summed E-state index contributed by atoms with van der Waals surface area (Å²) in [7, 11) is 1.54. The van der Waals surface area contributed by atoms with Crippen LogP contribution < -0.4 is 20.7 Å². The highest BCUT2D eigenvalue weighted by molar-refractivity contribution is 5.79. The minimum absolute atomic E-state index is 0.102. The van der Waals surface area contributed by atoms with Crippen molar-refractivity contribution < 1.29 is 27.4 Å². The Morgan fingerprint density at radius 2 is 1.86 bits per heavy atom. The molecule has 1 rings (SSSR count). The van der Waals surface area contributed by atoms with Crippen LogP contribution in [0, 0.1) is 0 Å². The monoisotopic (exact) mass is 405 g/mol. The summed E-state index contributed by atoms with van der Waals surface area (Å²) in [4.78, 5) is 19.4. The Labute approximate surface area is 161 Å². The molecule has 1 aromatic heterocycles. The molecular weight excluding hydrogens is 379 g/mol. The van der Waals surface area contributed by atoms with Crippen molar-refractivity contribution in [3.63, 3.8) is 0 Å². The normalized spacial score (nSPS) is 12.3. The van der Waals surface area contributed by atoms with Crippen molar-refractivity contribution in [1.29, 1.82) is 0 Å². The summed E-state index contributed by atoms with van der Waals surface area (Å²) >= 11 is 0. The summed E-state index contributed by atoms with van der Waals surface area (Å²) in [6, 6.07) is 3.20. The molecule has 0 aliphatic rings. The summed E-state index contributed by atoms with van der Waals surface area (Å²) in [5.74, 6) is 0.297. The van der Waals surface area contributed by atoms with Gasteiger partial charge in [-0.2, -0.15) is 13.2 Å². The fourth-order valence-electron chi connectivity index (χ4n) is 1.90. The van der Waals surface area contributed by atoms with Crippen molar-refractivity contribution in [3.05, 3.63) is 23.9 Å². The Balaban J connectivity index is 2.43. The maximum atomic E-state index is 12.3. The van der Waals surface area contributed by atoms with Crippen molar-refractivity contribution in [1.82, 2.24) is 20.9 Å². The van der Waals surface area contributed by atoms with Gasteiger partial charge in [0.1, 0.15) is 5.60 Å². The molecule has 0 bridgehead atoms. The van der Waals surface area contributed by atoms with E-state index in [9.17, 15) is 18.0 Å². The number of amides is 1. The van der Waals surface area contributed by atoms with Crippen LogP contribution in [-0.2, 0) is 11.3 Å². The van der Waals surface area contributed by atoms with E-state index in [0.717, 1.165) is 0 Å². The van der Waals surface area contributed by atoms with Gasteiger partial charge in [-0.15, -0.1) is 0 Å². The van der Waals surface area contributed by atoms with Crippen LogP contribution in [0.5, 0.6) is 5.88 Å². The second-order valence-corrected chi connectivity index (χ2v) is 6.65. The van der Waals surface area contributed by atoms with Crippen LogP contribution in [0.15, 0.2) is 23.3 Å². The molecule has 0 radical (unpaired) electrons. The molecule has 0 fully saturated rings. The molecule has 0 atom stereocenters. The lowest BCUT2D eigenvalue weighted by Crippen LogP contribution is -2.42. The number of carbonyl (C=O) groups is 1. The van der Waals surface area contributed by atoms with Crippen LogP contribution in [0.25, 0.3) is 0 Å². The first kappa shape index (κ1) is 23.3. The van der Waals surface area contributed by atoms with Crippen LogP contribution in [0.3, 0.4) is 0 Å². The summed E-state index contributed by atoms with van der Waals surface area (Å²) < 4.78 is 46.8. The summed E-state index contributed by atoms with van der Waals surface area (Å²) in [5, 5.41) is 8.49. The summed E-state index contributed by atoms with van der Waals surface area (Å²) in [5.41, 5.74) is -0.133. The number of alkyl halides is 3. The molecule has 1 amide bonds. The fraction of sp³-hybridized carbons (Fsp3) is 0.588. The number of hydrogen-bond acceptors (Lipinski definition) is 5. The third-order valence-electron chi connectivity index (χ3n) is 2.98. The predicted octanol–water partition coefficient (Wildman–Crippen LogP) is 2.21. The maximum Gasteiger partial charge on any atom is 0.422 e. The van der Waals surface area contributed by atoms with Gasteiger partial charge in [-0.3, -0.25) is 4.99 Å². The number of nitrogens with zero attached hydrogens (tertiary/aromatic N) is 2. The highest BCUT2D eigenvalue weighted by atomic mass is 19.4. The molecule has 158 valence electrons. The highest BCUT2D eigenvalue weighted by Gasteiger charge is 2.29. The molecule has 1 heterocycles. The van der Waals surface area contributed by atoms with Gasteiger partial charge < -0.3 is 25.4 Å². The molecule has 28 heavy (non-hydrogen) atoms. The zero-order valence-corrected chi connectivity index (χ0v) is 16.3. The number of pyridine rings is 1. The number of carbonyl (C=O) groups excluding carboxylic acids is 1. The number of hydrogen-bond donors (Lipinski definition) is 3. The minimum Gasteiger partial charge on any atom is -0.468 e. The first-order chi connectivity index (χ1) is 13.0. The number of nitrogens with one attached hydrogen (secondary N) is 3. The van der Waals surface area contributed by atoms with E-state index in [1.54, 1.807) is 40.0 Å². The van der Waals surface area contributed by atoms with Crippen molar-refractivity contribution in [3.8, 4) is 5.88 Å². The molecule has 8 nitrogen and oxygen atoms in total. The van der Waals surface area contributed by atoms with E-state index >= 15 is 0 Å². The average Bonchev–Trinajstić information content (AvgIpc) is 2.58. The molecule has 11 heteroatoms. The molecule has 0 saturated carbocycles. The molecule has 0 saturated heterocycles. The first-order valence-electron chi connectivity index (χ1n) is 8.55. The number of alkyl carbamates (subject to hydrolysis) is 1. The van der Waals surface area contributed by atoms with Gasteiger partial charge in [0.05, 0.1) is 0 Å². The van der Waals surface area contributed by atoms with Crippen LogP contribution in [0.1, 0.15) is 26.3 Å². The first-order valence-corrected chi connectivity index (χ1v) is 8.55. The number of rotatable bonds is 7. The topological polar surface area (TPSA) is 96.9 Å². The molecular formula is C17H26F3N5O3. The Morgan fingerprint density at radius 3 is 2.46 bits per heavy atom. The lowest BCUT2D eigenvalue weighted by Gasteiger charge is -2.20. The van der Waals surface area contributed by atoms with E-state index in [-0.39, 0.29) is 12.4 Å². The van der Waals surface area contributed by atoms with Crippen LogP contribution in [-0.4, -0.2) is 55.6 Å². The van der Waals surface area contributed by atoms with E-state index in [1.807, 2.05) is 0 Å². The average molecular weight is 405 g/mol. The van der Waals surface area contributed by atoms with Gasteiger partial charge in [-0.1, -0.05) is 6.07 Å². The van der Waals surface area contributed by atoms with Gasteiger partial charge >= 0.3 is 12.3 Å². The number of aliphatic imine (C=N–C) groups is 1. The maximum absolute atomic E-state index is 12.3. The van der Waals surface area contributed by atoms with Crippen LogP contribution in [0.4, 0.5) is 18.0 Å². The van der Waals surface area contributed by atoms with Crippen LogP contribution >= 0.6 is 0 Å². The molecule has 0 aliphatic heterocycles. The molecule has 3 N–H and O–H groups in total. The molecule has 0 unspecified atom stereocenters. The molecule has 1 aromatic rings. The van der Waals surface area contributed by atoms with Crippen molar-refractivity contribution in [2.75, 3.05) is 26.7 Å². The Kier molecular flexibility index (Phi) is 8.80. The quantitative estimate of drug-likeness (QED) is 0.366. The highest BCUT2D eigenvalue weighted by Crippen LogP contribution is 2.19. The lowest BCUT2D eigenvalue weighted by molar-refractivity contribution is -0.154. The van der Waals surface area contributed by atoms with E-state index in [0.29, 0.717) is 24.6 Å². The zero-order valence-electron chi connectivity index (χ0n) is 16.3. The van der Waals surface area contributed by atoms with E-state index in [1.165, 1.54) is 6.20 Å². The number of aromatic nitrogens is 1. The zero-order chi connectivity index (χ0) is 21.2. The van der Waals surface area contributed by atoms with Gasteiger partial charge in [-0.25, -0.2) is 9.78 Å². The Bertz CT molecular complexity index is 660. The molecule has 0 aliphatic carbocycles. The molecule has 0 spiro atoms. The van der Waals surface area contributed by atoms with E-state index < -0.39 is 24.5 Å². The van der Waals surface area contributed by atoms with Crippen molar-refractivity contribution >= 4 is 12.1 Å². The van der Waals surface area contributed by atoms with Gasteiger partial charge in [0.2, 0.25) is 5.88 Å². The third-order valence-corrected chi connectivity index (χ3v) is 2.98. The van der Waals surface area contributed by atoms with Crippen molar-refractivity contribution in [2.45, 2.75) is 39.1 Å². The Hall–Kier alpha value is -2.72. The van der Waals surface area contributed by atoms with Crippen molar-refractivity contribution in [2.24, 2.45) is 4.99 Å². The fourth-order valence-corrected chi connectivity index (χ4v) is 1.90. The minimum atomic E-state index is -4.44. The van der Waals surface area contributed by atoms with Gasteiger partial charge in [0.25, 0.3) is 0 Å². The smallest absolute Gasteiger partial charge is 0.422 e. The summed E-state index contributed by atoms with van der Waals surface area (Å²) in [6.07, 6.45) is -3.62. The summed E-state index contributed by atoms with van der Waals surface area (Å²) in [6.45, 7) is 4.69. The largest absolute Gasteiger partial charge is 0.468 e.